The van der Waals surface area contributed by atoms with E-state index >= 15 is 0 Å². The molecule has 6 heteroatoms. The highest BCUT2D eigenvalue weighted by molar-refractivity contribution is 6.04. The van der Waals surface area contributed by atoms with E-state index in [4.69, 9.17) is 0 Å². The second kappa shape index (κ2) is 5.17. The minimum Gasteiger partial charge on any atom is -0.319 e. The molecule has 1 amide bonds. The molecule has 0 atom stereocenters. The van der Waals surface area contributed by atoms with Crippen molar-refractivity contribution in [3.05, 3.63) is 35.7 Å². The molecular formula is C13H17N5O. The standard InChI is InChI=1S/C13H17N5O/c1-8(2)12-14-5-10(6-15-12)17-13(19)11-7-16-18(4)9(11)3/h5-8H,1-4H3,(H,17,19). The molecule has 2 rings (SSSR count). The van der Waals surface area contributed by atoms with Crippen molar-refractivity contribution in [1.29, 1.82) is 0 Å². The number of carbonyl (C=O) groups excluding carboxylic acids is 1. The summed E-state index contributed by atoms with van der Waals surface area (Å²) >= 11 is 0. The summed E-state index contributed by atoms with van der Waals surface area (Å²) in [6, 6.07) is 0. The van der Waals surface area contributed by atoms with Crippen LogP contribution in [0.25, 0.3) is 0 Å². The lowest BCUT2D eigenvalue weighted by atomic mass is 10.2. The van der Waals surface area contributed by atoms with Crippen LogP contribution in [0.4, 0.5) is 5.69 Å². The van der Waals surface area contributed by atoms with Crippen LogP contribution in [-0.4, -0.2) is 25.7 Å². The van der Waals surface area contributed by atoms with Crippen molar-refractivity contribution in [2.45, 2.75) is 26.7 Å². The predicted octanol–water partition coefficient (Wildman–Crippen LogP) is 1.89. The van der Waals surface area contributed by atoms with Gasteiger partial charge in [-0.15, -0.1) is 0 Å². The summed E-state index contributed by atoms with van der Waals surface area (Å²) < 4.78 is 1.66. The average molecular weight is 259 g/mol. The molecule has 0 spiro atoms. The van der Waals surface area contributed by atoms with Gasteiger partial charge in [0.25, 0.3) is 5.91 Å². The number of anilines is 1. The Morgan fingerprint density at radius 3 is 2.37 bits per heavy atom. The zero-order chi connectivity index (χ0) is 14.0. The molecule has 2 heterocycles. The highest BCUT2D eigenvalue weighted by Crippen LogP contribution is 2.12. The Hall–Kier alpha value is -2.24. The Balaban J connectivity index is 2.13. The van der Waals surface area contributed by atoms with Gasteiger partial charge in [0.15, 0.2) is 0 Å². The maximum absolute atomic E-state index is 12.0. The molecule has 0 saturated carbocycles. The number of aromatic nitrogens is 4. The normalized spacial score (nSPS) is 10.8. The molecule has 2 aromatic rings. The molecule has 100 valence electrons. The van der Waals surface area contributed by atoms with E-state index in [1.165, 1.54) is 0 Å². The predicted molar refractivity (Wildman–Crippen MR) is 72.0 cm³/mol. The summed E-state index contributed by atoms with van der Waals surface area (Å²) in [5.74, 6) is 0.826. The number of nitrogens with zero attached hydrogens (tertiary/aromatic N) is 4. The summed E-state index contributed by atoms with van der Waals surface area (Å²) in [5.41, 5.74) is 1.95. The van der Waals surface area contributed by atoms with Gasteiger partial charge in [-0.05, 0) is 6.92 Å². The lowest BCUT2D eigenvalue weighted by Crippen LogP contribution is -2.13. The molecule has 0 bridgehead atoms. The fourth-order valence-corrected chi connectivity index (χ4v) is 1.62. The molecule has 0 aliphatic carbocycles. The monoisotopic (exact) mass is 259 g/mol. The summed E-state index contributed by atoms with van der Waals surface area (Å²) in [6.45, 7) is 5.89. The van der Waals surface area contributed by atoms with Gasteiger partial charge < -0.3 is 5.32 Å². The number of carbonyl (C=O) groups is 1. The second-order valence-electron chi connectivity index (χ2n) is 4.71. The van der Waals surface area contributed by atoms with E-state index in [9.17, 15) is 4.79 Å². The molecule has 0 unspecified atom stereocenters. The van der Waals surface area contributed by atoms with E-state index in [0.29, 0.717) is 11.3 Å². The van der Waals surface area contributed by atoms with Gasteiger partial charge in [-0.1, -0.05) is 13.8 Å². The third-order valence-corrected chi connectivity index (χ3v) is 2.93. The van der Waals surface area contributed by atoms with Gasteiger partial charge in [0.2, 0.25) is 0 Å². The molecule has 0 aliphatic heterocycles. The maximum Gasteiger partial charge on any atom is 0.259 e. The topological polar surface area (TPSA) is 72.7 Å². The average Bonchev–Trinajstić information content (AvgIpc) is 2.70. The SMILES string of the molecule is Cc1c(C(=O)Nc2cnc(C(C)C)nc2)cnn1C. The third-order valence-electron chi connectivity index (χ3n) is 2.93. The van der Waals surface area contributed by atoms with Crippen molar-refractivity contribution in [3.63, 3.8) is 0 Å². The van der Waals surface area contributed by atoms with Crippen molar-refractivity contribution in [1.82, 2.24) is 19.7 Å². The van der Waals surface area contributed by atoms with Crippen molar-refractivity contribution >= 4 is 11.6 Å². The number of rotatable bonds is 3. The lowest BCUT2D eigenvalue weighted by molar-refractivity contribution is 0.102. The highest BCUT2D eigenvalue weighted by atomic mass is 16.1. The van der Waals surface area contributed by atoms with Crippen molar-refractivity contribution in [3.8, 4) is 0 Å². The van der Waals surface area contributed by atoms with E-state index < -0.39 is 0 Å². The molecule has 2 aromatic heterocycles. The molecule has 0 fully saturated rings. The maximum atomic E-state index is 12.0. The summed E-state index contributed by atoms with van der Waals surface area (Å²) in [6.07, 6.45) is 4.78. The van der Waals surface area contributed by atoms with Crippen molar-refractivity contribution in [2.75, 3.05) is 5.32 Å². The molecular weight excluding hydrogens is 242 g/mol. The molecule has 0 aromatic carbocycles. The van der Waals surface area contributed by atoms with Crippen molar-refractivity contribution in [2.24, 2.45) is 7.05 Å². The van der Waals surface area contributed by atoms with Gasteiger partial charge in [-0.2, -0.15) is 5.10 Å². The van der Waals surface area contributed by atoms with Crippen LogP contribution in [0.1, 0.15) is 41.6 Å². The van der Waals surface area contributed by atoms with Crippen LogP contribution >= 0.6 is 0 Å². The second-order valence-corrected chi connectivity index (χ2v) is 4.71. The van der Waals surface area contributed by atoms with Gasteiger partial charge in [0, 0.05) is 18.7 Å². The van der Waals surface area contributed by atoms with Crippen LogP contribution in [0.5, 0.6) is 0 Å². The van der Waals surface area contributed by atoms with Crippen molar-refractivity contribution < 1.29 is 4.79 Å². The number of hydrogen-bond acceptors (Lipinski definition) is 4. The third kappa shape index (κ3) is 2.78. The highest BCUT2D eigenvalue weighted by Gasteiger charge is 2.13. The number of aryl methyl sites for hydroxylation is 1. The Labute approximate surface area is 111 Å². The van der Waals surface area contributed by atoms with Crippen LogP contribution in [0.3, 0.4) is 0 Å². The van der Waals surface area contributed by atoms with Gasteiger partial charge in [-0.25, -0.2) is 9.97 Å². The van der Waals surface area contributed by atoms with E-state index in [1.807, 2.05) is 20.8 Å². The Morgan fingerprint density at radius 1 is 1.26 bits per heavy atom. The fourth-order valence-electron chi connectivity index (χ4n) is 1.62. The van der Waals surface area contributed by atoms with Gasteiger partial charge >= 0.3 is 0 Å². The first-order chi connectivity index (χ1) is 8.99. The van der Waals surface area contributed by atoms with Gasteiger partial charge in [0.1, 0.15) is 5.82 Å². The number of hydrogen-bond donors (Lipinski definition) is 1. The Morgan fingerprint density at radius 2 is 1.89 bits per heavy atom. The first-order valence-corrected chi connectivity index (χ1v) is 6.11. The molecule has 0 saturated heterocycles. The zero-order valence-corrected chi connectivity index (χ0v) is 11.5. The first kappa shape index (κ1) is 13.2. The van der Waals surface area contributed by atoms with E-state index in [2.05, 4.69) is 20.4 Å². The first-order valence-electron chi connectivity index (χ1n) is 6.11. The quantitative estimate of drug-likeness (QED) is 0.913. The number of amides is 1. The molecule has 0 aliphatic rings. The Kier molecular flexibility index (Phi) is 3.59. The Bertz CT molecular complexity index is 586. The molecule has 6 nitrogen and oxygen atoms in total. The van der Waals surface area contributed by atoms with Crippen LogP contribution in [0.15, 0.2) is 18.6 Å². The molecule has 19 heavy (non-hydrogen) atoms. The largest absolute Gasteiger partial charge is 0.319 e. The van der Waals surface area contributed by atoms with E-state index in [0.717, 1.165) is 11.5 Å². The summed E-state index contributed by atoms with van der Waals surface area (Å²) in [5, 5.41) is 6.80. The zero-order valence-electron chi connectivity index (χ0n) is 11.5. The van der Waals surface area contributed by atoms with Crippen LogP contribution in [0, 0.1) is 6.92 Å². The van der Waals surface area contributed by atoms with Gasteiger partial charge in [-0.3, -0.25) is 9.48 Å². The minimum atomic E-state index is -0.202. The van der Waals surface area contributed by atoms with Crippen LogP contribution in [0.2, 0.25) is 0 Å². The van der Waals surface area contributed by atoms with Gasteiger partial charge in [0.05, 0.1) is 29.8 Å². The minimum absolute atomic E-state index is 0.202. The fraction of sp³-hybridized carbons (Fsp3) is 0.385. The van der Waals surface area contributed by atoms with E-state index in [-0.39, 0.29) is 11.8 Å². The van der Waals surface area contributed by atoms with Crippen LogP contribution < -0.4 is 5.32 Å². The molecule has 0 radical (unpaired) electrons. The summed E-state index contributed by atoms with van der Waals surface area (Å²) in [4.78, 5) is 20.5. The van der Waals surface area contributed by atoms with Crippen LogP contribution in [-0.2, 0) is 7.05 Å². The lowest BCUT2D eigenvalue weighted by Gasteiger charge is -2.06. The molecule has 1 N–H and O–H groups in total. The smallest absolute Gasteiger partial charge is 0.259 e. The van der Waals surface area contributed by atoms with E-state index in [1.54, 1.807) is 30.3 Å². The number of nitrogens with one attached hydrogen (secondary N) is 1. The summed E-state index contributed by atoms with van der Waals surface area (Å²) in [7, 11) is 1.80.